The number of nitrogens with zero attached hydrogens (tertiary/aromatic N) is 4. The van der Waals surface area contributed by atoms with E-state index < -0.39 is 16.5 Å². The van der Waals surface area contributed by atoms with Crippen LogP contribution in [0.4, 0.5) is 5.69 Å². The second kappa shape index (κ2) is 9.49. The molecule has 0 N–H and O–H groups in total. The second-order valence-electron chi connectivity index (χ2n) is 9.01. The van der Waals surface area contributed by atoms with Crippen molar-refractivity contribution in [1.29, 1.82) is 0 Å². The molecule has 4 rings (SSSR count). The Hall–Kier alpha value is -3.73. The van der Waals surface area contributed by atoms with Crippen LogP contribution in [0.15, 0.2) is 47.6 Å². The van der Waals surface area contributed by atoms with Crippen molar-refractivity contribution in [2.45, 2.75) is 44.5 Å². The quantitative estimate of drug-likeness (QED) is 0.114. The van der Waals surface area contributed by atoms with E-state index in [1.807, 2.05) is 0 Å². The molecule has 0 unspecified atom stereocenters. The fourth-order valence-electron chi connectivity index (χ4n) is 3.80. The van der Waals surface area contributed by atoms with Crippen LogP contribution in [0.2, 0.25) is 0 Å². The smallest absolute Gasteiger partial charge is 0.326 e. The van der Waals surface area contributed by atoms with Gasteiger partial charge in [-0.2, -0.15) is 0 Å². The van der Waals surface area contributed by atoms with Crippen LogP contribution in [0, 0.1) is 10.1 Å². The lowest BCUT2D eigenvalue weighted by molar-refractivity contribution is -0.384. The maximum atomic E-state index is 12.5. The highest BCUT2D eigenvalue weighted by Gasteiger charge is 2.34. The van der Waals surface area contributed by atoms with Crippen molar-refractivity contribution in [2.24, 2.45) is 0 Å². The molecule has 182 valence electrons. The Balaban J connectivity index is 1.49. The minimum absolute atomic E-state index is 0.106. The highest BCUT2D eigenvalue weighted by atomic mass is 32.2. The molecule has 0 radical (unpaired) electrons. The van der Waals surface area contributed by atoms with E-state index in [1.165, 1.54) is 28.8 Å². The summed E-state index contributed by atoms with van der Waals surface area (Å²) in [6, 6.07) is 11.0. The largest absolute Gasteiger partial charge is 0.459 e. The van der Waals surface area contributed by atoms with Crippen molar-refractivity contribution in [3.8, 4) is 0 Å². The molecule has 2 amide bonds. The number of hydrogen-bond acceptors (Lipinski definition) is 8. The average molecular weight is 497 g/mol. The summed E-state index contributed by atoms with van der Waals surface area (Å²) in [5.74, 6) is -0.594. The Morgan fingerprint density at radius 2 is 1.77 bits per heavy atom. The molecule has 10 nitrogen and oxygen atoms in total. The van der Waals surface area contributed by atoms with E-state index in [0.29, 0.717) is 39.5 Å². The molecule has 0 bridgehead atoms. The molecule has 1 aliphatic heterocycles. The summed E-state index contributed by atoms with van der Waals surface area (Å²) in [5.41, 5.74) is 0.996. The van der Waals surface area contributed by atoms with Crippen molar-refractivity contribution in [1.82, 2.24) is 14.5 Å². The van der Waals surface area contributed by atoms with E-state index in [0.717, 1.165) is 0 Å². The number of imide groups is 1. The normalized spacial score (nSPS) is 13.4. The highest BCUT2D eigenvalue weighted by Crippen LogP contribution is 2.29. The molecule has 1 aromatic heterocycles. The third kappa shape index (κ3) is 5.19. The van der Waals surface area contributed by atoms with Gasteiger partial charge in [0.05, 0.1) is 27.1 Å². The first-order valence-corrected chi connectivity index (χ1v) is 12.0. The number of amides is 2. The summed E-state index contributed by atoms with van der Waals surface area (Å²) in [6.07, 6.45) is 0.506. The third-order valence-electron chi connectivity index (χ3n) is 5.25. The van der Waals surface area contributed by atoms with E-state index in [-0.39, 0.29) is 30.6 Å². The lowest BCUT2D eigenvalue weighted by Gasteiger charge is -2.20. The number of hydrogen-bond donors (Lipinski definition) is 0. The molecule has 35 heavy (non-hydrogen) atoms. The molecule has 0 atom stereocenters. The summed E-state index contributed by atoms with van der Waals surface area (Å²) >= 11 is 1.34. The predicted octanol–water partition coefficient (Wildman–Crippen LogP) is 4.06. The number of ether oxygens (including phenoxy) is 1. The molecule has 0 saturated carbocycles. The minimum atomic E-state index is -0.681. The van der Waals surface area contributed by atoms with Crippen molar-refractivity contribution >= 4 is 46.3 Å². The van der Waals surface area contributed by atoms with E-state index in [9.17, 15) is 24.5 Å². The molecular weight excluding hydrogens is 472 g/mol. The summed E-state index contributed by atoms with van der Waals surface area (Å²) in [4.78, 5) is 54.1. The summed E-state index contributed by atoms with van der Waals surface area (Å²) < 4.78 is 7.03. The Morgan fingerprint density at radius 1 is 1.11 bits per heavy atom. The van der Waals surface area contributed by atoms with Crippen molar-refractivity contribution in [3.63, 3.8) is 0 Å². The van der Waals surface area contributed by atoms with Crippen LogP contribution >= 0.6 is 11.8 Å². The maximum Gasteiger partial charge on any atom is 0.326 e. The Labute approximate surface area is 205 Å². The molecule has 0 aliphatic carbocycles. The number of aromatic nitrogens is 2. The van der Waals surface area contributed by atoms with Gasteiger partial charge in [-0.25, -0.2) is 4.98 Å². The van der Waals surface area contributed by atoms with Gasteiger partial charge in [0.1, 0.15) is 12.1 Å². The zero-order valence-corrected chi connectivity index (χ0v) is 20.3. The van der Waals surface area contributed by atoms with Gasteiger partial charge in [0.15, 0.2) is 5.16 Å². The number of carbonyl (C=O) groups is 3. The molecule has 0 fully saturated rings. The number of rotatable bonds is 8. The van der Waals surface area contributed by atoms with Crippen LogP contribution in [-0.2, 0) is 16.1 Å². The summed E-state index contributed by atoms with van der Waals surface area (Å²) in [5, 5.41) is 11.8. The van der Waals surface area contributed by atoms with Crippen LogP contribution in [0.1, 0.15) is 47.9 Å². The lowest BCUT2D eigenvalue weighted by Crippen LogP contribution is -2.31. The zero-order chi connectivity index (χ0) is 25.3. The van der Waals surface area contributed by atoms with Crippen molar-refractivity contribution < 1.29 is 24.0 Å². The Morgan fingerprint density at radius 3 is 2.37 bits per heavy atom. The number of esters is 1. The topological polar surface area (TPSA) is 125 Å². The number of imidazole rings is 1. The van der Waals surface area contributed by atoms with Gasteiger partial charge in [0, 0.05) is 24.4 Å². The second-order valence-corrected chi connectivity index (χ2v) is 10.1. The Kier molecular flexibility index (Phi) is 6.62. The lowest BCUT2D eigenvalue weighted by atomic mass is 10.1. The number of carbonyl (C=O) groups excluding carboxylic acids is 3. The molecule has 2 aromatic carbocycles. The molecule has 0 spiro atoms. The zero-order valence-electron chi connectivity index (χ0n) is 19.5. The maximum absolute atomic E-state index is 12.5. The van der Waals surface area contributed by atoms with Gasteiger partial charge in [-0.15, -0.1) is 0 Å². The van der Waals surface area contributed by atoms with E-state index in [1.54, 1.807) is 55.7 Å². The van der Waals surface area contributed by atoms with Gasteiger partial charge >= 0.3 is 5.97 Å². The molecular formula is C24H24N4O6S. The van der Waals surface area contributed by atoms with Crippen LogP contribution in [-0.4, -0.2) is 55.1 Å². The fraction of sp³-hybridized carbons (Fsp3) is 0.333. The summed E-state index contributed by atoms with van der Waals surface area (Å²) in [6.45, 7) is 5.37. The fourth-order valence-corrected chi connectivity index (χ4v) is 4.73. The molecule has 2 heterocycles. The van der Waals surface area contributed by atoms with Gasteiger partial charge in [0.25, 0.3) is 17.5 Å². The SMILES string of the molecule is CC(C)(C)OC(=O)Cn1c(SCCCN2C(=O)c3ccccc3C2=O)nc2ccc([N+](=O)[O-])cc21. The number of benzene rings is 2. The van der Waals surface area contributed by atoms with Crippen LogP contribution < -0.4 is 0 Å². The van der Waals surface area contributed by atoms with Gasteiger partial charge in [0.2, 0.25) is 0 Å². The average Bonchev–Trinajstić information content (AvgIpc) is 3.24. The van der Waals surface area contributed by atoms with Crippen LogP contribution in [0.25, 0.3) is 11.0 Å². The number of thioether (sulfide) groups is 1. The number of nitro benzene ring substituents is 1. The van der Waals surface area contributed by atoms with E-state index in [2.05, 4.69) is 4.98 Å². The Bertz CT molecular complexity index is 1310. The van der Waals surface area contributed by atoms with Crippen molar-refractivity contribution in [2.75, 3.05) is 12.3 Å². The van der Waals surface area contributed by atoms with Gasteiger partial charge in [-0.05, 0) is 45.4 Å². The molecule has 11 heteroatoms. The molecule has 3 aromatic rings. The van der Waals surface area contributed by atoms with Gasteiger partial charge in [-0.3, -0.25) is 29.4 Å². The van der Waals surface area contributed by atoms with E-state index in [4.69, 9.17) is 4.74 Å². The van der Waals surface area contributed by atoms with Crippen LogP contribution in [0.3, 0.4) is 0 Å². The third-order valence-corrected chi connectivity index (χ3v) is 6.31. The summed E-state index contributed by atoms with van der Waals surface area (Å²) in [7, 11) is 0. The highest BCUT2D eigenvalue weighted by molar-refractivity contribution is 7.99. The molecule has 1 aliphatic rings. The number of nitro groups is 1. The molecule has 0 saturated heterocycles. The number of non-ortho nitro benzene ring substituents is 1. The van der Waals surface area contributed by atoms with Gasteiger partial charge in [-0.1, -0.05) is 23.9 Å². The van der Waals surface area contributed by atoms with Crippen molar-refractivity contribution in [3.05, 3.63) is 63.7 Å². The number of fused-ring (bicyclic) bond motifs is 2. The van der Waals surface area contributed by atoms with Crippen LogP contribution in [0.5, 0.6) is 0 Å². The first-order valence-electron chi connectivity index (χ1n) is 11.0. The monoisotopic (exact) mass is 496 g/mol. The van der Waals surface area contributed by atoms with Gasteiger partial charge < -0.3 is 9.30 Å². The first-order chi connectivity index (χ1) is 16.5. The predicted molar refractivity (Wildman–Crippen MR) is 129 cm³/mol. The minimum Gasteiger partial charge on any atom is -0.459 e. The van der Waals surface area contributed by atoms with E-state index >= 15 is 0 Å². The first kappa shape index (κ1) is 24.4. The standard InChI is InChI=1S/C24H24N4O6S/c1-24(2,3)34-20(29)14-27-19-13-15(28(32)33)9-10-18(19)25-23(27)35-12-6-11-26-21(30)16-7-4-5-8-17(16)22(26)31/h4-5,7-10,13H,6,11-12,14H2,1-3H3.